The quantitative estimate of drug-likeness (QED) is 0.877. The van der Waals surface area contributed by atoms with Crippen LogP contribution in [0.25, 0.3) is 0 Å². The average Bonchev–Trinajstić information content (AvgIpc) is 3.08. The fourth-order valence-corrected chi connectivity index (χ4v) is 3.88. The molecule has 0 bridgehead atoms. The molecule has 0 saturated heterocycles. The topological polar surface area (TPSA) is 44.4 Å². The van der Waals surface area contributed by atoms with Crippen LogP contribution >= 0.6 is 0 Å². The predicted molar refractivity (Wildman–Crippen MR) is 93.4 cm³/mol. The van der Waals surface area contributed by atoms with E-state index in [1.807, 2.05) is 0 Å². The maximum Gasteiger partial charge on any atom is 0.315 e. The maximum atomic E-state index is 12.1. The van der Waals surface area contributed by atoms with Crippen LogP contribution in [0.3, 0.4) is 0 Å². The normalized spacial score (nSPS) is 20.0. The van der Waals surface area contributed by atoms with Gasteiger partial charge in [0, 0.05) is 31.7 Å². The molecule has 0 unspecified atom stereocenters. The smallest absolute Gasteiger partial charge is 0.315 e. The molecule has 4 nitrogen and oxygen atoms in total. The second kappa shape index (κ2) is 7.82. The third kappa shape index (κ3) is 4.25. The van der Waals surface area contributed by atoms with Gasteiger partial charge in [-0.3, -0.25) is 4.90 Å². The van der Waals surface area contributed by atoms with E-state index in [0.717, 1.165) is 45.3 Å². The summed E-state index contributed by atoms with van der Waals surface area (Å²) in [6.07, 6.45) is 6.93. The summed E-state index contributed by atoms with van der Waals surface area (Å²) in [6, 6.07) is 9.52. The molecule has 1 heterocycles. The Morgan fingerprint density at radius 2 is 2.00 bits per heavy atom. The van der Waals surface area contributed by atoms with Crippen molar-refractivity contribution in [2.45, 2.75) is 64.1 Å². The van der Waals surface area contributed by atoms with Crippen LogP contribution in [0.5, 0.6) is 0 Å². The van der Waals surface area contributed by atoms with Gasteiger partial charge in [0.15, 0.2) is 0 Å². The molecule has 1 aliphatic heterocycles. The van der Waals surface area contributed by atoms with Crippen LogP contribution in [0.4, 0.5) is 4.79 Å². The summed E-state index contributed by atoms with van der Waals surface area (Å²) in [7, 11) is 0. The first-order valence-electron chi connectivity index (χ1n) is 9.11. The van der Waals surface area contributed by atoms with Gasteiger partial charge < -0.3 is 10.6 Å². The Morgan fingerprint density at radius 3 is 2.74 bits per heavy atom. The molecule has 1 saturated carbocycles. The van der Waals surface area contributed by atoms with Gasteiger partial charge in [0.25, 0.3) is 0 Å². The number of hydrogen-bond acceptors (Lipinski definition) is 2. The second-order valence-electron chi connectivity index (χ2n) is 6.89. The summed E-state index contributed by atoms with van der Waals surface area (Å²) in [5.41, 5.74) is 2.91. The molecule has 0 spiro atoms. The zero-order chi connectivity index (χ0) is 16.1. The van der Waals surface area contributed by atoms with Crippen LogP contribution in [-0.4, -0.2) is 36.1 Å². The van der Waals surface area contributed by atoms with Crippen molar-refractivity contribution in [1.29, 1.82) is 0 Å². The number of nitrogens with one attached hydrogen (secondary N) is 2. The molecule has 1 fully saturated rings. The minimum absolute atomic E-state index is 0.00718. The van der Waals surface area contributed by atoms with Gasteiger partial charge in [-0.1, -0.05) is 44.0 Å². The summed E-state index contributed by atoms with van der Waals surface area (Å²) in [5, 5.41) is 6.20. The number of amides is 2. The minimum Gasteiger partial charge on any atom is -0.337 e. The molecule has 2 amide bonds. The van der Waals surface area contributed by atoms with Crippen molar-refractivity contribution in [2.75, 3.05) is 13.1 Å². The van der Waals surface area contributed by atoms with Gasteiger partial charge >= 0.3 is 6.03 Å². The van der Waals surface area contributed by atoms with E-state index in [4.69, 9.17) is 0 Å². The summed E-state index contributed by atoms with van der Waals surface area (Å²) < 4.78 is 0. The van der Waals surface area contributed by atoms with Crippen molar-refractivity contribution < 1.29 is 4.79 Å². The van der Waals surface area contributed by atoms with Crippen LogP contribution in [0, 0.1) is 0 Å². The van der Waals surface area contributed by atoms with Gasteiger partial charge in [0.2, 0.25) is 0 Å². The summed E-state index contributed by atoms with van der Waals surface area (Å²) in [4.78, 5) is 14.6. The molecule has 2 N–H and O–H groups in total. The fraction of sp³-hybridized carbons (Fsp3) is 0.632. The first kappa shape index (κ1) is 16.3. The van der Waals surface area contributed by atoms with E-state index in [1.165, 1.54) is 24.0 Å². The summed E-state index contributed by atoms with van der Waals surface area (Å²) >= 11 is 0. The van der Waals surface area contributed by atoms with Crippen LogP contribution in [0.1, 0.15) is 50.2 Å². The molecule has 4 heteroatoms. The zero-order valence-corrected chi connectivity index (χ0v) is 14.2. The highest BCUT2D eigenvalue weighted by molar-refractivity contribution is 5.74. The third-order valence-corrected chi connectivity index (χ3v) is 5.34. The molecule has 1 aromatic rings. The van der Waals surface area contributed by atoms with Crippen molar-refractivity contribution >= 4 is 6.03 Å². The number of nitrogens with zero attached hydrogens (tertiary/aromatic N) is 1. The van der Waals surface area contributed by atoms with Gasteiger partial charge in [0.1, 0.15) is 0 Å². The van der Waals surface area contributed by atoms with Crippen molar-refractivity contribution in [3.63, 3.8) is 0 Å². The molecule has 2 aliphatic rings. The van der Waals surface area contributed by atoms with E-state index >= 15 is 0 Å². The van der Waals surface area contributed by atoms with E-state index in [2.05, 4.69) is 46.7 Å². The molecule has 1 atom stereocenters. The summed E-state index contributed by atoms with van der Waals surface area (Å²) in [5.74, 6) is 0. The Labute approximate surface area is 139 Å². The number of hydrogen-bond donors (Lipinski definition) is 2. The van der Waals surface area contributed by atoms with Crippen molar-refractivity contribution in [2.24, 2.45) is 0 Å². The Balaban J connectivity index is 1.49. The highest BCUT2D eigenvalue weighted by atomic mass is 16.2. The van der Waals surface area contributed by atoms with E-state index < -0.39 is 0 Å². The predicted octanol–water partition coefficient (Wildman–Crippen LogP) is 3.07. The average molecular weight is 315 g/mol. The van der Waals surface area contributed by atoms with Crippen molar-refractivity contribution in [3.8, 4) is 0 Å². The third-order valence-electron chi connectivity index (χ3n) is 5.34. The van der Waals surface area contributed by atoms with E-state index in [1.54, 1.807) is 0 Å². The lowest BCUT2D eigenvalue weighted by molar-refractivity contribution is 0.169. The summed E-state index contributed by atoms with van der Waals surface area (Å²) in [6.45, 7) is 5.03. The minimum atomic E-state index is 0.00718. The van der Waals surface area contributed by atoms with E-state index in [-0.39, 0.29) is 6.03 Å². The number of carbonyl (C=O) groups excluding carboxylic acids is 1. The lowest BCUT2D eigenvalue weighted by Gasteiger charge is -2.35. The Bertz CT molecular complexity index is 525. The first-order valence-corrected chi connectivity index (χ1v) is 9.11. The standard InChI is InChI=1S/C19H29N3O/c1-2-18(13-20-19(23)21-17-9-5-6-10-17)22-12-11-15-7-3-4-8-16(15)14-22/h3-4,7-8,17-18H,2,5-6,9-14H2,1H3,(H2,20,21,23)/t18-/m0/s1. The van der Waals surface area contributed by atoms with Crippen LogP contribution < -0.4 is 10.6 Å². The van der Waals surface area contributed by atoms with Gasteiger partial charge in [-0.25, -0.2) is 4.79 Å². The Hall–Kier alpha value is -1.55. The number of benzene rings is 1. The van der Waals surface area contributed by atoms with Crippen LogP contribution in [0.2, 0.25) is 0 Å². The molecule has 23 heavy (non-hydrogen) atoms. The van der Waals surface area contributed by atoms with E-state index in [9.17, 15) is 4.79 Å². The van der Waals surface area contributed by atoms with E-state index in [0.29, 0.717) is 12.1 Å². The van der Waals surface area contributed by atoms with Gasteiger partial charge in [0.05, 0.1) is 0 Å². The monoisotopic (exact) mass is 315 g/mol. The molecule has 126 valence electrons. The highest BCUT2D eigenvalue weighted by Crippen LogP contribution is 2.21. The number of urea groups is 1. The number of carbonyl (C=O) groups is 1. The Morgan fingerprint density at radius 1 is 1.26 bits per heavy atom. The molecule has 0 aromatic heterocycles. The largest absolute Gasteiger partial charge is 0.337 e. The molecular formula is C19H29N3O. The SMILES string of the molecule is CC[C@@H](CNC(=O)NC1CCCC1)N1CCc2ccccc2C1. The first-order chi connectivity index (χ1) is 11.3. The zero-order valence-electron chi connectivity index (χ0n) is 14.2. The number of fused-ring (bicyclic) bond motifs is 1. The lowest BCUT2D eigenvalue weighted by Crippen LogP contribution is -2.49. The number of rotatable bonds is 5. The van der Waals surface area contributed by atoms with Crippen molar-refractivity contribution in [1.82, 2.24) is 15.5 Å². The van der Waals surface area contributed by atoms with Gasteiger partial charge in [-0.05, 0) is 36.8 Å². The van der Waals surface area contributed by atoms with Crippen LogP contribution in [0.15, 0.2) is 24.3 Å². The molecule has 0 radical (unpaired) electrons. The van der Waals surface area contributed by atoms with Crippen molar-refractivity contribution in [3.05, 3.63) is 35.4 Å². The Kier molecular flexibility index (Phi) is 5.55. The molecule has 3 rings (SSSR count). The second-order valence-corrected chi connectivity index (χ2v) is 6.89. The molecule has 1 aliphatic carbocycles. The highest BCUT2D eigenvalue weighted by Gasteiger charge is 2.23. The lowest BCUT2D eigenvalue weighted by atomic mass is 9.98. The fourth-order valence-electron chi connectivity index (χ4n) is 3.88. The van der Waals surface area contributed by atoms with Gasteiger partial charge in [-0.2, -0.15) is 0 Å². The van der Waals surface area contributed by atoms with Gasteiger partial charge in [-0.15, -0.1) is 0 Å². The molecular weight excluding hydrogens is 286 g/mol. The maximum absolute atomic E-state index is 12.1. The molecule has 1 aromatic carbocycles. The van der Waals surface area contributed by atoms with Crippen LogP contribution in [-0.2, 0) is 13.0 Å².